The van der Waals surface area contributed by atoms with Crippen LogP contribution in [0.3, 0.4) is 0 Å². The van der Waals surface area contributed by atoms with Gasteiger partial charge in [0, 0.05) is 23.9 Å². The number of hydrogen-bond acceptors (Lipinski definition) is 3. The Bertz CT molecular complexity index is 593. The third-order valence-corrected chi connectivity index (χ3v) is 5.50. The highest BCUT2D eigenvalue weighted by atomic mass is 16.5. The summed E-state index contributed by atoms with van der Waals surface area (Å²) in [7, 11) is 2.16. The Hall–Kier alpha value is -1.35. The van der Waals surface area contributed by atoms with Crippen LogP contribution >= 0.6 is 0 Å². The highest BCUT2D eigenvalue weighted by molar-refractivity contribution is 5.91. The second-order valence-corrected chi connectivity index (χ2v) is 9.42. The first-order valence-corrected chi connectivity index (χ1v) is 8.89. The number of benzene rings is 1. The lowest BCUT2D eigenvalue weighted by Crippen LogP contribution is -2.60. The molecule has 24 heavy (non-hydrogen) atoms. The van der Waals surface area contributed by atoms with Crippen LogP contribution in [0.4, 0.5) is 0 Å². The van der Waals surface area contributed by atoms with Gasteiger partial charge in [-0.25, -0.2) is 4.79 Å². The van der Waals surface area contributed by atoms with Crippen LogP contribution in [-0.4, -0.2) is 35.1 Å². The molecule has 3 heteroatoms. The average molecular weight is 332 g/mol. The monoisotopic (exact) mass is 331 g/mol. The number of piperidine rings is 1. The minimum absolute atomic E-state index is 0.0102. The third-order valence-electron chi connectivity index (χ3n) is 5.50. The van der Waals surface area contributed by atoms with E-state index in [1.54, 1.807) is 0 Å². The van der Waals surface area contributed by atoms with Crippen LogP contribution in [-0.2, 0) is 10.2 Å². The van der Waals surface area contributed by atoms with Gasteiger partial charge in [0.1, 0.15) is 6.10 Å². The lowest BCUT2D eigenvalue weighted by molar-refractivity contribution is -0.0732. The van der Waals surface area contributed by atoms with Crippen molar-refractivity contribution in [3.05, 3.63) is 35.4 Å². The van der Waals surface area contributed by atoms with E-state index in [0.717, 1.165) is 18.4 Å². The molecule has 1 fully saturated rings. The molecule has 1 saturated heterocycles. The van der Waals surface area contributed by atoms with Gasteiger partial charge < -0.3 is 4.74 Å². The Morgan fingerprint density at radius 1 is 1.08 bits per heavy atom. The SMILES string of the molecule is CN1C(C)(C)CC(OC(=O)c2ccccc2C(C)(C)C)CC1(C)C. The zero-order valence-electron chi connectivity index (χ0n) is 16.6. The summed E-state index contributed by atoms with van der Waals surface area (Å²) in [5, 5.41) is 0. The van der Waals surface area contributed by atoms with Crippen molar-refractivity contribution in [2.45, 2.75) is 83.9 Å². The Morgan fingerprint density at radius 3 is 2.08 bits per heavy atom. The third kappa shape index (κ3) is 3.83. The Kier molecular flexibility index (Phi) is 4.89. The standard InChI is InChI=1S/C21H33NO2/c1-19(2,3)17-12-10-9-11-16(17)18(23)24-15-13-20(4,5)22(8)21(6,7)14-15/h9-12,15H,13-14H2,1-8H3. The van der Waals surface area contributed by atoms with Crippen LogP contribution in [0.5, 0.6) is 0 Å². The van der Waals surface area contributed by atoms with Gasteiger partial charge in [0.15, 0.2) is 0 Å². The average Bonchev–Trinajstić information content (AvgIpc) is 2.43. The van der Waals surface area contributed by atoms with E-state index in [0.29, 0.717) is 5.56 Å². The van der Waals surface area contributed by atoms with Crippen molar-refractivity contribution in [1.29, 1.82) is 0 Å². The van der Waals surface area contributed by atoms with Crippen molar-refractivity contribution >= 4 is 5.97 Å². The lowest BCUT2D eigenvalue weighted by atomic mass is 9.78. The largest absolute Gasteiger partial charge is 0.459 e. The Morgan fingerprint density at radius 2 is 1.58 bits per heavy atom. The lowest BCUT2D eigenvalue weighted by Gasteiger charge is -2.53. The minimum atomic E-state index is -0.193. The van der Waals surface area contributed by atoms with Crippen LogP contribution in [0.1, 0.15) is 77.2 Å². The van der Waals surface area contributed by atoms with Gasteiger partial charge in [0.05, 0.1) is 5.56 Å². The van der Waals surface area contributed by atoms with E-state index in [1.807, 2.05) is 24.3 Å². The van der Waals surface area contributed by atoms with Gasteiger partial charge in [-0.2, -0.15) is 0 Å². The first-order chi connectivity index (χ1) is 10.8. The van der Waals surface area contributed by atoms with Crippen molar-refractivity contribution in [3.63, 3.8) is 0 Å². The quantitative estimate of drug-likeness (QED) is 0.730. The molecule has 0 saturated carbocycles. The van der Waals surface area contributed by atoms with Gasteiger partial charge in [-0.05, 0) is 51.8 Å². The van der Waals surface area contributed by atoms with Gasteiger partial charge in [-0.15, -0.1) is 0 Å². The number of rotatable bonds is 2. The van der Waals surface area contributed by atoms with Gasteiger partial charge in [-0.1, -0.05) is 39.0 Å². The summed E-state index contributed by atoms with van der Waals surface area (Å²) >= 11 is 0. The fourth-order valence-corrected chi connectivity index (χ4v) is 3.89. The number of carbonyl (C=O) groups is 1. The molecule has 134 valence electrons. The minimum Gasteiger partial charge on any atom is -0.459 e. The molecule has 1 heterocycles. The van der Waals surface area contributed by atoms with Gasteiger partial charge >= 0.3 is 5.97 Å². The van der Waals surface area contributed by atoms with Crippen LogP contribution < -0.4 is 0 Å². The van der Waals surface area contributed by atoms with Crippen molar-refractivity contribution in [1.82, 2.24) is 4.90 Å². The molecule has 1 aliphatic rings. The number of hydrogen-bond donors (Lipinski definition) is 0. The number of likely N-dealkylation sites (tertiary alicyclic amines) is 1. The molecule has 1 aliphatic heterocycles. The molecule has 0 aromatic heterocycles. The summed E-state index contributed by atoms with van der Waals surface area (Å²) < 4.78 is 5.97. The van der Waals surface area contributed by atoms with E-state index >= 15 is 0 Å². The maximum Gasteiger partial charge on any atom is 0.338 e. The topological polar surface area (TPSA) is 29.5 Å². The van der Waals surface area contributed by atoms with E-state index in [9.17, 15) is 4.79 Å². The number of ether oxygens (including phenoxy) is 1. The molecule has 0 bridgehead atoms. The molecule has 0 aliphatic carbocycles. The summed E-state index contributed by atoms with van der Waals surface area (Å²) in [5.41, 5.74) is 1.67. The van der Waals surface area contributed by atoms with Crippen LogP contribution in [0.15, 0.2) is 24.3 Å². The molecular weight excluding hydrogens is 298 g/mol. The molecule has 1 aromatic rings. The predicted octanol–water partition coefficient (Wildman–Crippen LogP) is 4.79. The van der Waals surface area contributed by atoms with Crippen LogP contribution in [0.25, 0.3) is 0 Å². The molecule has 0 amide bonds. The molecule has 0 radical (unpaired) electrons. The van der Waals surface area contributed by atoms with Crippen LogP contribution in [0, 0.1) is 0 Å². The van der Waals surface area contributed by atoms with Gasteiger partial charge in [0.2, 0.25) is 0 Å². The Labute approximate surface area is 147 Å². The zero-order valence-corrected chi connectivity index (χ0v) is 16.6. The van der Waals surface area contributed by atoms with Crippen LogP contribution in [0.2, 0.25) is 0 Å². The van der Waals surface area contributed by atoms with Gasteiger partial charge in [0.25, 0.3) is 0 Å². The highest BCUT2D eigenvalue weighted by Crippen LogP contribution is 2.38. The summed E-state index contributed by atoms with van der Waals surface area (Å²) in [5.74, 6) is -0.193. The van der Waals surface area contributed by atoms with Gasteiger partial charge in [-0.3, -0.25) is 4.90 Å². The molecular formula is C21H33NO2. The first-order valence-electron chi connectivity index (χ1n) is 8.89. The molecule has 2 rings (SSSR count). The second kappa shape index (κ2) is 6.18. The summed E-state index contributed by atoms with van der Waals surface area (Å²) in [6.07, 6.45) is 1.67. The molecule has 3 nitrogen and oxygen atoms in total. The molecule has 1 aromatic carbocycles. The second-order valence-electron chi connectivity index (χ2n) is 9.42. The fraction of sp³-hybridized carbons (Fsp3) is 0.667. The maximum absolute atomic E-state index is 12.8. The Balaban J connectivity index is 2.22. The van der Waals surface area contributed by atoms with E-state index in [4.69, 9.17) is 4.74 Å². The summed E-state index contributed by atoms with van der Waals surface area (Å²) in [6.45, 7) is 15.3. The van der Waals surface area contributed by atoms with E-state index in [2.05, 4.69) is 60.4 Å². The number of carbonyl (C=O) groups excluding carboxylic acids is 1. The highest BCUT2D eigenvalue weighted by Gasteiger charge is 2.44. The van der Waals surface area contributed by atoms with E-state index in [1.165, 1.54) is 0 Å². The first kappa shape index (κ1) is 19.0. The molecule has 0 N–H and O–H groups in total. The van der Waals surface area contributed by atoms with Crippen molar-refractivity contribution in [3.8, 4) is 0 Å². The van der Waals surface area contributed by atoms with E-state index < -0.39 is 0 Å². The molecule has 0 unspecified atom stereocenters. The van der Waals surface area contributed by atoms with E-state index in [-0.39, 0.29) is 28.6 Å². The fourth-order valence-electron chi connectivity index (χ4n) is 3.89. The smallest absolute Gasteiger partial charge is 0.338 e. The number of nitrogens with zero attached hydrogens (tertiary/aromatic N) is 1. The van der Waals surface area contributed by atoms with Crippen molar-refractivity contribution in [2.75, 3.05) is 7.05 Å². The number of esters is 1. The molecule has 0 spiro atoms. The van der Waals surface area contributed by atoms with Crippen molar-refractivity contribution in [2.24, 2.45) is 0 Å². The zero-order chi connectivity index (χ0) is 18.3. The van der Waals surface area contributed by atoms with Crippen molar-refractivity contribution < 1.29 is 9.53 Å². The summed E-state index contributed by atoms with van der Waals surface area (Å²) in [6, 6.07) is 7.81. The molecule has 0 atom stereocenters. The predicted molar refractivity (Wildman–Crippen MR) is 99.5 cm³/mol. The maximum atomic E-state index is 12.8. The normalized spacial score (nSPS) is 21.5. The summed E-state index contributed by atoms with van der Waals surface area (Å²) in [4.78, 5) is 15.2.